The van der Waals surface area contributed by atoms with Crippen LogP contribution < -0.4 is 4.80 Å². The van der Waals surface area contributed by atoms with E-state index >= 15 is 0 Å². The number of hydrogen-bond acceptors (Lipinski definition) is 6. The van der Waals surface area contributed by atoms with Crippen molar-refractivity contribution in [2.75, 3.05) is 31.3 Å². The van der Waals surface area contributed by atoms with Gasteiger partial charge < -0.3 is 14.2 Å². The van der Waals surface area contributed by atoms with Crippen molar-refractivity contribution in [1.29, 1.82) is 0 Å². The van der Waals surface area contributed by atoms with Gasteiger partial charge in [-0.15, -0.1) is 0 Å². The van der Waals surface area contributed by atoms with Crippen LogP contribution in [0.3, 0.4) is 0 Å². The third-order valence-corrected chi connectivity index (χ3v) is 7.71. The van der Waals surface area contributed by atoms with Crippen LogP contribution in [-0.4, -0.2) is 67.0 Å². The van der Waals surface area contributed by atoms with Gasteiger partial charge in [0.25, 0.3) is 5.91 Å². The van der Waals surface area contributed by atoms with Crippen molar-refractivity contribution in [1.82, 2.24) is 9.47 Å². The highest BCUT2D eigenvalue weighted by Gasteiger charge is 2.28. The van der Waals surface area contributed by atoms with Crippen molar-refractivity contribution in [3.63, 3.8) is 0 Å². The molecule has 1 aromatic carbocycles. The van der Waals surface area contributed by atoms with Gasteiger partial charge in [0.1, 0.15) is 11.5 Å². The average molecular weight is 468 g/mol. The van der Waals surface area contributed by atoms with Gasteiger partial charge >= 0.3 is 0 Å². The van der Waals surface area contributed by atoms with E-state index in [4.69, 9.17) is 4.74 Å². The van der Waals surface area contributed by atoms with Crippen LogP contribution >= 0.6 is 11.3 Å². The molecule has 0 spiro atoms. The number of carbonyl (C=O) groups is 2. The molecule has 1 unspecified atom stereocenters. The molecule has 0 aliphatic carbocycles. The summed E-state index contributed by atoms with van der Waals surface area (Å²) in [4.78, 5) is 31.1. The molecule has 1 fully saturated rings. The fourth-order valence-electron chi connectivity index (χ4n) is 3.74. The molecule has 8 nitrogen and oxygen atoms in total. The number of sulfone groups is 1. The first-order valence-corrected chi connectivity index (χ1v) is 13.2. The van der Waals surface area contributed by atoms with Gasteiger partial charge in [-0.2, -0.15) is 4.99 Å². The lowest BCUT2D eigenvalue weighted by atomic mass is 10.0. The second kappa shape index (κ2) is 10.5. The molecular formula is C21H29N3O5S2. The van der Waals surface area contributed by atoms with Crippen LogP contribution in [0.4, 0.5) is 0 Å². The van der Waals surface area contributed by atoms with Gasteiger partial charge in [-0.05, 0) is 45.2 Å². The fourth-order valence-corrected chi connectivity index (χ4v) is 5.90. The highest BCUT2D eigenvalue weighted by Crippen LogP contribution is 2.18. The van der Waals surface area contributed by atoms with E-state index in [1.807, 2.05) is 42.7 Å². The smallest absolute Gasteiger partial charge is 0.263 e. The van der Waals surface area contributed by atoms with E-state index in [1.165, 1.54) is 11.3 Å². The number of benzene rings is 1. The third kappa shape index (κ3) is 6.24. The van der Waals surface area contributed by atoms with Crippen molar-refractivity contribution >= 4 is 43.2 Å². The molecule has 2 heterocycles. The number of thiazole rings is 1. The Balaban J connectivity index is 1.76. The average Bonchev–Trinajstić information content (AvgIpc) is 3.04. The maximum absolute atomic E-state index is 12.5. The minimum Gasteiger partial charge on any atom is -0.380 e. The van der Waals surface area contributed by atoms with E-state index in [2.05, 4.69) is 4.99 Å². The molecule has 2 aromatic rings. The number of para-hydroxylation sites is 1. The summed E-state index contributed by atoms with van der Waals surface area (Å²) in [7, 11) is -3.90. The molecule has 31 heavy (non-hydrogen) atoms. The largest absolute Gasteiger partial charge is 0.380 e. The number of fused-ring (bicyclic) bond motifs is 1. The number of hydrogen-bond donors (Lipinski definition) is 0. The summed E-state index contributed by atoms with van der Waals surface area (Å²) >= 11 is 1.32. The van der Waals surface area contributed by atoms with Crippen molar-refractivity contribution in [3.05, 3.63) is 29.1 Å². The lowest BCUT2D eigenvalue weighted by Crippen LogP contribution is -2.45. The number of carbonyl (C=O) groups excluding carboxylic acids is 2. The van der Waals surface area contributed by atoms with Crippen LogP contribution in [0.25, 0.3) is 10.2 Å². The molecule has 0 saturated carbocycles. The van der Waals surface area contributed by atoms with Crippen LogP contribution in [0, 0.1) is 0 Å². The van der Waals surface area contributed by atoms with Crippen LogP contribution in [0.2, 0.25) is 0 Å². The lowest BCUT2D eigenvalue weighted by molar-refractivity contribution is -0.131. The molecule has 1 saturated heterocycles. The van der Waals surface area contributed by atoms with Crippen molar-refractivity contribution in [2.45, 2.75) is 45.7 Å². The topological polar surface area (TPSA) is 98.0 Å². The van der Waals surface area contributed by atoms with E-state index in [0.717, 1.165) is 29.5 Å². The molecule has 1 aliphatic rings. The molecule has 1 atom stereocenters. The number of aromatic nitrogens is 1. The lowest BCUT2D eigenvalue weighted by Gasteiger charge is -2.33. The SMILES string of the molecule is CCOCCn1c(=NC(=O)CS(=O)(=O)CC(=O)N2CCCCC2C)sc2ccccc21. The van der Waals surface area contributed by atoms with E-state index < -0.39 is 33.2 Å². The minimum absolute atomic E-state index is 0.0275. The zero-order valence-corrected chi connectivity index (χ0v) is 19.6. The first kappa shape index (κ1) is 23.6. The van der Waals surface area contributed by atoms with Crippen LogP contribution in [0.1, 0.15) is 33.1 Å². The van der Waals surface area contributed by atoms with E-state index in [-0.39, 0.29) is 6.04 Å². The Morgan fingerprint density at radius 3 is 2.74 bits per heavy atom. The summed E-state index contributed by atoms with van der Waals surface area (Å²) in [6.07, 6.45) is 2.78. The van der Waals surface area contributed by atoms with E-state index in [0.29, 0.717) is 31.1 Å². The minimum atomic E-state index is -3.90. The highest BCUT2D eigenvalue weighted by atomic mass is 32.2. The third-order valence-electron chi connectivity index (χ3n) is 5.28. The van der Waals surface area contributed by atoms with Crippen LogP contribution in [0.5, 0.6) is 0 Å². The molecule has 10 heteroatoms. The predicted molar refractivity (Wildman–Crippen MR) is 121 cm³/mol. The van der Waals surface area contributed by atoms with Gasteiger partial charge in [-0.3, -0.25) is 9.59 Å². The normalized spacial score (nSPS) is 17.9. The number of piperidine rings is 1. The number of nitrogens with zero attached hydrogens (tertiary/aromatic N) is 3. The molecule has 0 N–H and O–H groups in total. The summed E-state index contributed by atoms with van der Waals surface area (Å²) < 4.78 is 33.2. The highest BCUT2D eigenvalue weighted by molar-refractivity contribution is 7.92. The van der Waals surface area contributed by atoms with Crippen molar-refractivity contribution in [3.8, 4) is 0 Å². The Morgan fingerprint density at radius 1 is 1.23 bits per heavy atom. The number of rotatable bonds is 8. The number of likely N-dealkylation sites (tertiary alicyclic amines) is 1. The molecule has 1 aromatic heterocycles. The summed E-state index contributed by atoms with van der Waals surface area (Å²) in [5.74, 6) is -2.64. The molecule has 3 rings (SSSR count). The van der Waals surface area contributed by atoms with Gasteiger partial charge in [0.15, 0.2) is 14.6 Å². The van der Waals surface area contributed by atoms with Crippen LogP contribution in [0.15, 0.2) is 29.3 Å². The molecule has 170 valence electrons. The quantitative estimate of drug-likeness (QED) is 0.553. The Labute approximate surface area is 186 Å². The van der Waals surface area contributed by atoms with E-state index in [9.17, 15) is 18.0 Å². The second-order valence-corrected chi connectivity index (χ2v) is 10.7. The van der Waals surface area contributed by atoms with Gasteiger partial charge in [0.2, 0.25) is 5.91 Å². The Bertz CT molecular complexity index is 1100. The summed E-state index contributed by atoms with van der Waals surface area (Å²) in [5, 5.41) is 0. The summed E-state index contributed by atoms with van der Waals surface area (Å²) in [5.41, 5.74) is 0.913. The monoisotopic (exact) mass is 467 g/mol. The summed E-state index contributed by atoms with van der Waals surface area (Å²) in [6.45, 7) is 5.93. The zero-order chi connectivity index (χ0) is 22.4. The van der Waals surface area contributed by atoms with Crippen molar-refractivity contribution < 1.29 is 22.7 Å². The molecule has 0 radical (unpaired) electrons. The predicted octanol–water partition coefficient (Wildman–Crippen LogP) is 1.98. The Hall–Kier alpha value is -2.04. The fraction of sp³-hybridized carbons (Fsp3) is 0.571. The van der Waals surface area contributed by atoms with E-state index in [1.54, 1.807) is 4.90 Å². The summed E-state index contributed by atoms with van der Waals surface area (Å²) in [6, 6.07) is 7.68. The first-order valence-electron chi connectivity index (χ1n) is 10.5. The van der Waals surface area contributed by atoms with Crippen LogP contribution in [-0.2, 0) is 30.7 Å². The zero-order valence-electron chi connectivity index (χ0n) is 18.0. The maximum Gasteiger partial charge on any atom is 0.263 e. The number of amides is 2. The van der Waals surface area contributed by atoms with Gasteiger partial charge in [0, 0.05) is 25.7 Å². The second-order valence-electron chi connectivity index (χ2n) is 7.67. The Kier molecular flexibility index (Phi) is 8.01. The molecular weight excluding hydrogens is 438 g/mol. The molecule has 2 amide bonds. The first-order chi connectivity index (χ1) is 14.8. The Morgan fingerprint density at radius 2 is 2.00 bits per heavy atom. The van der Waals surface area contributed by atoms with Crippen molar-refractivity contribution in [2.24, 2.45) is 4.99 Å². The van der Waals surface area contributed by atoms with Gasteiger partial charge in [-0.1, -0.05) is 23.5 Å². The molecule has 0 bridgehead atoms. The maximum atomic E-state index is 12.5. The standard InChI is InChI=1S/C21H29N3O5S2/c1-3-29-13-12-24-17-9-4-5-10-18(17)30-21(24)22-19(25)14-31(27,28)15-20(26)23-11-7-6-8-16(23)2/h4-5,9-10,16H,3,6-8,11-15H2,1-2H3. The van der Waals surface area contributed by atoms with Gasteiger partial charge in [0.05, 0.1) is 16.8 Å². The molecule has 1 aliphatic heterocycles. The van der Waals surface area contributed by atoms with Gasteiger partial charge in [-0.25, -0.2) is 8.42 Å². The number of ether oxygens (including phenoxy) is 1.